The van der Waals surface area contributed by atoms with Crippen LogP contribution in [0, 0.1) is 0 Å². The lowest BCUT2D eigenvalue weighted by Crippen LogP contribution is -2.28. The van der Waals surface area contributed by atoms with Gasteiger partial charge < -0.3 is 10.6 Å². The van der Waals surface area contributed by atoms with Gasteiger partial charge in [-0.1, -0.05) is 19.1 Å². The lowest BCUT2D eigenvalue weighted by molar-refractivity contribution is 0.0796. The fraction of sp³-hybridized carbons (Fsp3) is 0.364. The number of nitrogens with two attached hydrogens (primary N) is 1. The summed E-state index contributed by atoms with van der Waals surface area (Å²) in [6, 6.07) is 7.14. The summed E-state index contributed by atoms with van der Waals surface area (Å²) in [6.45, 7) is 2.80. The van der Waals surface area contributed by atoms with Crippen LogP contribution in [0.1, 0.15) is 23.7 Å². The fourth-order valence-electron chi connectivity index (χ4n) is 1.33. The molecule has 0 heterocycles. The summed E-state index contributed by atoms with van der Waals surface area (Å²) in [6.07, 6.45) is 0.953. The van der Waals surface area contributed by atoms with Gasteiger partial charge in [0, 0.05) is 19.3 Å². The minimum atomic E-state index is -0.00931. The van der Waals surface area contributed by atoms with Crippen LogP contribution < -0.4 is 5.73 Å². The first-order valence-electron chi connectivity index (χ1n) is 4.76. The molecular weight excluding hydrogens is 176 g/mol. The van der Waals surface area contributed by atoms with Crippen molar-refractivity contribution < 1.29 is 4.79 Å². The van der Waals surface area contributed by atoms with E-state index >= 15 is 0 Å². The van der Waals surface area contributed by atoms with Crippen LogP contribution in [0.25, 0.3) is 0 Å². The van der Waals surface area contributed by atoms with Gasteiger partial charge >= 0.3 is 0 Å². The Kier molecular flexibility index (Phi) is 3.51. The first-order valence-corrected chi connectivity index (χ1v) is 4.76. The van der Waals surface area contributed by atoms with Crippen molar-refractivity contribution in [3.8, 4) is 0 Å². The molecule has 0 radical (unpaired) electrons. The van der Waals surface area contributed by atoms with Crippen molar-refractivity contribution in [2.75, 3.05) is 19.3 Å². The van der Waals surface area contributed by atoms with E-state index in [2.05, 4.69) is 0 Å². The van der Waals surface area contributed by atoms with Gasteiger partial charge in [0.1, 0.15) is 0 Å². The monoisotopic (exact) mass is 192 g/mol. The van der Waals surface area contributed by atoms with Crippen molar-refractivity contribution >= 4 is 11.6 Å². The van der Waals surface area contributed by atoms with Crippen LogP contribution in [0.3, 0.4) is 0 Å². The lowest BCUT2D eigenvalue weighted by Gasteiger charge is -2.16. The summed E-state index contributed by atoms with van der Waals surface area (Å²) in [5.74, 6) is -0.00931. The molecular formula is C11H16N2O. The number of nitrogen functional groups attached to an aromatic ring is 1. The maximum atomic E-state index is 11.8. The molecule has 0 bridgehead atoms. The maximum absolute atomic E-state index is 11.8. The molecule has 1 amide bonds. The predicted octanol–water partition coefficient (Wildman–Crippen LogP) is 1.75. The third kappa shape index (κ3) is 2.25. The molecule has 76 valence electrons. The highest BCUT2D eigenvalue weighted by Gasteiger charge is 2.12. The summed E-state index contributed by atoms with van der Waals surface area (Å²) in [5.41, 5.74) is 6.84. The largest absolute Gasteiger partial charge is 0.398 e. The van der Waals surface area contributed by atoms with Crippen molar-refractivity contribution in [3.63, 3.8) is 0 Å². The molecule has 0 unspecified atom stereocenters. The zero-order chi connectivity index (χ0) is 10.6. The van der Waals surface area contributed by atoms with Gasteiger partial charge in [-0.15, -0.1) is 0 Å². The third-order valence-corrected chi connectivity index (χ3v) is 2.10. The summed E-state index contributed by atoms with van der Waals surface area (Å²) < 4.78 is 0. The molecule has 1 aromatic rings. The molecule has 0 aromatic heterocycles. The van der Waals surface area contributed by atoms with E-state index in [4.69, 9.17) is 5.73 Å². The average molecular weight is 192 g/mol. The second-order valence-electron chi connectivity index (χ2n) is 3.31. The highest BCUT2D eigenvalue weighted by molar-refractivity contribution is 5.98. The Morgan fingerprint density at radius 3 is 2.64 bits per heavy atom. The summed E-state index contributed by atoms with van der Waals surface area (Å²) >= 11 is 0. The minimum absolute atomic E-state index is 0.00931. The van der Waals surface area contributed by atoms with E-state index in [1.54, 1.807) is 24.1 Å². The zero-order valence-electron chi connectivity index (χ0n) is 8.66. The predicted molar refractivity (Wildman–Crippen MR) is 58.1 cm³/mol. The number of benzene rings is 1. The van der Waals surface area contributed by atoms with Crippen molar-refractivity contribution in [2.45, 2.75) is 13.3 Å². The second-order valence-corrected chi connectivity index (χ2v) is 3.31. The molecule has 0 spiro atoms. The second kappa shape index (κ2) is 4.65. The standard InChI is InChI=1S/C11H16N2O/c1-3-8-13(2)11(14)9-6-4-5-7-10(9)12/h4-7H,3,8,12H2,1-2H3. The average Bonchev–Trinajstić information content (AvgIpc) is 2.18. The molecule has 2 N–H and O–H groups in total. The van der Waals surface area contributed by atoms with Crippen molar-refractivity contribution in [1.82, 2.24) is 4.90 Å². The molecule has 0 fully saturated rings. The van der Waals surface area contributed by atoms with Gasteiger partial charge in [-0.3, -0.25) is 4.79 Å². The van der Waals surface area contributed by atoms with Crippen LogP contribution in [-0.4, -0.2) is 24.4 Å². The molecule has 1 aromatic carbocycles. The topological polar surface area (TPSA) is 46.3 Å². The highest BCUT2D eigenvalue weighted by Crippen LogP contribution is 2.12. The lowest BCUT2D eigenvalue weighted by atomic mass is 10.1. The number of rotatable bonds is 3. The molecule has 3 nitrogen and oxygen atoms in total. The van der Waals surface area contributed by atoms with E-state index in [1.165, 1.54) is 0 Å². The van der Waals surface area contributed by atoms with Crippen LogP contribution in [0.2, 0.25) is 0 Å². The smallest absolute Gasteiger partial charge is 0.255 e. The van der Waals surface area contributed by atoms with E-state index in [9.17, 15) is 4.79 Å². The Bertz CT molecular complexity index is 323. The van der Waals surface area contributed by atoms with Crippen LogP contribution in [-0.2, 0) is 0 Å². The van der Waals surface area contributed by atoms with Gasteiger partial charge in [0.15, 0.2) is 0 Å². The van der Waals surface area contributed by atoms with Gasteiger partial charge in [-0.2, -0.15) is 0 Å². The van der Waals surface area contributed by atoms with Gasteiger partial charge in [-0.25, -0.2) is 0 Å². The Labute approximate surface area is 84.5 Å². The number of amides is 1. The maximum Gasteiger partial charge on any atom is 0.255 e. The van der Waals surface area contributed by atoms with Crippen LogP contribution >= 0.6 is 0 Å². The summed E-state index contributed by atoms with van der Waals surface area (Å²) in [5, 5.41) is 0. The van der Waals surface area contributed by atoms with E-state index in [0.29, 0.717) is 11.3 Å². The van der Waals surface area contributed by atoms with E-state index in [-0.39, 0.29) is 5.91 Å². The van der Waals surface area contributed by atoms with E-state index in [1.807, 2.05) is 19.1 Å². The quantitative estimate of drug-likeness (QED) is 0.742. The van der Waals surface area contributed by atoms with Crippen molar-refractivity contribution in [3.05, 3.63) is 29.8 Å². The van der Waals surface area contributed by atoms with Crippen LogP contribution in [0.5, 0.6) is 0 Å². The van der Waals surface area contributed by atoms with Gasteiger partial charge in [0.05, 0.1) is 5.56 Å². The highest BCUT2D eigenvalue weighted by atomic mass is 16.2. The SMILES string of the molecule is CCCN(C)C(=O)c1ccccc1N. The first-order chi connectivity index (χ1) is 6.66. The Morgan fingerprint density at radius 2 is 2.07 bits per heavy atom. The normalized spacial score (nSPS) is 9.86. The molecule has 0 saturated carbocycles. The summed E-state index contributed by atoms with van der Waals surface area (Å²) in [4.78, 5) is 13.5. The first kappa shape index (κ1) is 10.6. The zero-order valence-corrected chi connectivity index (χ0v) is 8.66. The van der Waals surface area contributed by atoms with Crippen LogP contribution in [0.4, 0.5) is 5.69 Å². The molecule has 1 rings (SSSR count). The van der Waals surface area contributed by atoms with Crippen molar-refractivity contribution in [2.24, 2.45) is 0 Å². The number of hydrogen-bond acceptors (Lipinski definition) is 2. The fourth-order valence-corrected chi connectivity index (χ4v) is 1.33. The molecule has 0 aliphatic carbocycles. The van der Waals surface area contributed by atoms with E-state index in [0.717, 1.165) is 13.0 Å². The summed E-state index contributed by atoms with van der Waals surface area (Å²) in [7, 11) is 1.79. The van der Waals surface area contributed by atoms with Gasteiger partial charge in [-0.05, 0) is 18.6 Å². The Balaban J connectivity index is 2.84. The van der Waals surface area contributed by atoms with Gasteiger partial charge in [0.2, 0.25) is 0 Å². The molecule has 0 atom stereocenters. The molecule has 0 aliphatic rings. The molecule has 3 heteroatoms. The van der Waals surface area contributed by atoms with Gasteiger partial charge in [0.25, 0.3) is 5.91 Å². The number of carbonyl (C=O) groups is 1. The number of para-hydroxylation sites is 1. The number of anilines is 1. The number of nitrogens with zero attached hydrogens (tertiary/aromatic N) is 1. The molecule has 0 saturated heterocycles. The van der Waals surface area contributed by atoms with Crippen molar-refractivity contribution in [1.29, 1.82) is 0 Å². The van der Waals surface area contributed by atoms with Crippen LogP contribution in [0.15, 0.2) is 24.3 Å². The molecule has 14 heavy (non-hydrogen) atoms. The number of hydrogen-bond donors (Lipinski definition) is 1. The Morgan fingerprint density at radius 1 is 1.43 bits per heavy atom. The van der Waals surface area contributed by atoms with E-state index < -0.39 is 0 Å². The Hall–Kier alpha value is -1.51. The number of carbonyl (C=O) groups excluding carboxylic acids is 1. The third-order valence-electron chi connectivity index (χ3n) is 2.10. The minimum Gasteiger partial charge on any atom is -0.398 e. The molecule has 0 aliphatic heterocycles.